The zero-order valence-electron chi connectivity index (χ0n) is 10.5. The first-order chi connectivity index (χ1) is 9.53. The van der Waals surface area contributed by atoms with Crippen LogP contribution in [0, 0.1) is 11.3 Å². The molecule has 1 saturated heterocycles. The Bertz CT molecular complexity index is 622. The fourth-order valence-electron chi connectivity index (χ4n) is 1.72. The van der Waals surface area contributed by atoms with Gasteiger partial charge in [0.05, 0.1) is 16.7 Å². The van der Waals surface area contributed by atoms with Crippen LogP contribution < -0.4 is 4.72 Å². The smallest absolute Gasteiger partial charge is 0.210 e. The van der Waals surface area contributed by atoms with Gasteiger partial charge in [-0.05, 0) is 18.2 Å². The highest BCUT2D eigenvalue weighted by atomic mass is 35.5. The highest BCUT2D eigenvalue weighted by Crippen LogP contribution is 2.25. The third-order valence-corrected chi connectivity index (χ3v) is 7.49. The van der Waals surface area contributed by atoms with Crippen molar-refractivity contribution in [2.24, 2.45) is 0 Å². The third-order valence-electron chi connectivity index (χ3n) is 2.74. The second kappa shape index (κ2) is 7.05. The average Bonchev–Trinajstić information content (AvgIpc) is 2.46. The molecular formula is C12H13ClN2O2S3. The van der Waals surface area contributed by atoms with Gasteiger partial charge in [-0.3, -0.25) is 0 Å². The maximum absolute atomic E-state index is 12.2. The molecule has 0 spiro atoms. The summed E-state index contributed by atoms with van der Waals surface area (Å²) in [7, 11) is -3.63. The maximum atomic E-state index is 12.2. The fourth-order valence-corrected chi connectivity index (χ4v) is 6.06. The lowest BCUT2D eigenvalue weighted by Crippen LogP contribution is -2.33. The molecule has 1 aromatic carbocycles. The molecule has 1 aliphatic rings. The normalized spacial score (nSPS) is 19.5. The van der Waals surface area contributed by atoms with Gasteiger partial charge in [-0.2, -0.15) is 28.8 Å². The van der Waals surface area contributed by atoms with Crippen LogP contribution in [0.2, 0.25) is 5.02 Å². The van der Waals surface area contributed by atoms with Crippen LogP contribution in [-0.2, 0) is 10.0 Å². The summed E-state index contributed by atoms with van der Waals surface area (Å²) in [6.45, 7) is 0.399. The van der Waals surface area contributed by atoms with E-state index in [9.17, 15) is 8.42 Å². The molecule has 8 heteroatoms. The van der Waals surface area contributed by atoms with Crippen molar-refractivity contribution in [1.82, 2.24) is 4.72 Å². The second-order valence-corrected chi connectivity index (χ2v) is 8.88. The Balaban J connectivity index is 2.08. The van der Waals surface area contributed by atoms with Gasteiger partial charge >= 0.3 is 0 Å². The van der Waals surface area contributed by atoms with Crippen molar-refractivity contribution in [2.75, 3.05) is 23.8 Å². The average molecular weight is 349 g/mol. The van der Waals surface area contributed by atoms with Gasteiger partial charge in [-0.1, -0.05) is 11.6 Å². The summed E-state index contributed by atoms with van der Waals surface area (Å²) in [5.41, 5.74) is 0.341. The molecule has 2 rings (SSSR count). The highest BCUT2D eigenvalue weighted by Gasteiger charge is 2.21. The zero-order valence-corrected chi connectivity index (χ0v) is 13.7. The van der Waals surface area contributed by atoms with Crippen molar-refractivity contribution >= 4 is 45.1 Å². The molecule has 20 heavy (non-hydrogen) atoms. The Hall–Kier alpha value is -0.390. The van der Waals surface area contributed by atoms with Crippen LogP contribution in [-0.4, -0.2) is 37.5 Å². The van der Waals surface area contributed by atoms with E-state index >= 15 is 0 Å². The molecule has 1 unspecified atom stereocenters. The molecule has 1 N–H and O–H groups in total. The summed E-state index contributed by atoms with van der Waals surface area (Å²) in [6.07, 6.45) is 0. The summed E-state index contributed by atoms with van der Waals surface area (Å²) < 4.78 is 27.0. The minimum atomic E-state index is -3.63. The van der Waals surface area contributed by atoms with Crippen molar-refractivity contribution in [3.8, 4) is 6.07 Å². The Morgan fingerprint density at radius 1 is 1.45 bits per heavy atom. The van der Waals surface area contributed by atoms with Gasteiger partial charge in [0.1, 0.15) is 4.90 Å². The van der Waals surface area contributed by atoms with Crippen molar-refractivity contribution in [3.05, 3.63) is 28.8 Å². The number of benzene rings is 1. The minimum Gasteiger partial charge on any atom is -0.210 e. The molecule has 0 saturated carbocycles. The highest BCUT2D eigenvalue weighted by molar-refractivity contribution is 8.06. The predicted octanol–water partition coefficient (Wildman–Crippen LogP) is 2.34. The number of nitrogens with one attached hydrogen (secondary N) is 1. The molecular weight excluding hydrogens is 336 g/mol. The Morgan fingerprint density at radius 2 is 2.25 bits per heavy atom. The lowest BCUT2D eigenvalue weighted by Gasteiger charge is -2.21. The summed E-state index contributed by atoms with van der Waals surface area (Å²) in [5.74, 6) is 3.12. The van der Waals surface area contributed by atoms with Crippen molar-refractivity contribution in [1.29, 1.82) is 5.26 Å². The van der Waals surface area contributed by atoms with Gasteiger partial charge < -0.3 is 0 Å². The van der Waals surface area contributed by atoms with Crippen molar-refractivity contribution in [2.45, 2.75) is 10.1 Å². The molecule has 0 aromatic heterocycles. The monoisotopic (exact) mass is 348 g/mol. The first kappa shape index (κ1) is 16.0. The summed E-state index contributed by atoms with van der Waals surface area (Å²) in [5, 5.41) is 9.11. The van der Waals surface area contributed by atoms with E-state index in [1.807, 2.05) is 17.8 Å². The molecule has 1 atom stereocenters. The van der Waals surface area contributed by atoms with Crippen LogP contribution in [0.3, 0.4) is 0 Å². The number of nitriles is 1. The van der Waals surface area contributed by atoms with Crippen molar-refractivity contribution < 1.29 is 8.42 Å². The topological polar surface area (TPSA) is 70.0 Å². The van der Waals surface area contributed by atoms with E-state index in [2.05, 4.69) is 4.72 Å². The quantitative estimate of drug-likeness (QED) is 0.904. The van der Waals surface area contributed by atoms with Crippen LogP contribution >= 0.6 is 35.1 Å². The van der Waals surface area contributed by atoms with E-state index in [0.717, 1.165) is 17.3 Å². The molecule has 4 nitrogen and oxygen atoms in total. The SMILES string of the molecule is N#Cc1ccc(S(=O)(=O)NCC2CSCCS2)c(Cl)c1. The van der Waals surface area contributed by atoms with Gasteiger partial charge in [-0.25, -0.2) is 13.1 Å². The number of halogens is 1. The molecule has 1 aromatic rings. The van der Waals surface area contributed by atoms with Gasteiger partial charge in [0.15, 0.2) is 0 Å². The molecule has 1 heterocycles. The van der Waals surface area contributed by atoms with E-state index in [0.29, 0.717) is 17.4 Å². The van der Waals surface area contributed by atoms with Gasteiger partial charge in [0.25, 0.3) is 0 Å². The summed E-state index contributed by atoms with van der Waals surface area (Å²) in [6, 6.07) is 6.10. The zero-order chi connectivity index (χ0) is 14.6. The number of nitrogens with zero attached hydrogens (tertiary/aromatic N) is 1. The predicted molar refractivity (Wildman–Crippen MR) is 84.9 cm³/mol. The second-order valence-electron chi connectivity index (χ2n) is 4.18. The van der Waals surface area contributed by atoms with Crippen LogP contribution in [0.5, 0.6) is 0 Å². The molecule has 0 bridgehead atoms. The third kappa shape index (κ3) is 4.06. The van der Waals surface area contributed by atoms with Gasteiger partial charge in [0, 0.05) is 29.1 Å². The van der Waals surface area contributed by atoms with Gasteiger partial charge in [0.2, 0.25) is 10.0 Å². The molecule has 1 aliphatic heterocycles. The Morgan fingerprint density at radius 3 is 2.85 bits per heavy atom. The van der Waals surface area contributed by atoms with Gasteiger partial charge in [-0.15, -0.1) is 0 Å². The number of hydrogen-bond acceptors (Lipinski definition) is 5. The largest absolute Gasteiger partial charge is 0.242 e. The summed E-state index contributed by atoms with van der Waals surface area (Å²) >= 11 is 9.56. The first-order valence-corrected chi connectivity index (χ1v) is 9.98. The first-order valence-electron chi connectivity index (χ1n) is 5.91. The minimum absolute atomic E-state index is 0.0200. The molecule has 1 fully saturated rings. The Labute approximate surface area is 132 Å². The van der Waals surface area contributed by atoms with E-state index in [1.54, 1.807) is 11.8 Å². The molecule has 0 amide bonds. The molecule has 108 valence electrons. The lowest BCUT2D eigenvalue weighted by molar-refractivity contribution is 0.581. The number of thioether (sulfide) groups is 2. The van der Waals surface area contributed by atoms with Crippen LogP contribution in [0.25, 0.3) is 0 Å². The maximum Gasteiger partial charge on any atom is 0.242 e. The number of rotatable bonds is 4. The van der Waals surface area contributed by atoms with E-state index in [-0.39, 0.29) is 9.92 Å². The van der Waals surface area contributed by atoms with Crippen molar-refractivity contribution in [3.63, 3.8) is 0 Å². The Kier molecular flexibility index (Phi) is 5.64. The number of hydrogen-bond donors (Lipinski definition) is 1. The molecule has 0 radical (unpaired) electrons. The van der Waals surface area contributed by atoms with Crippen LogP contribution in [0.15, 0.2) is 23.1 Å². The lowest BCUT2D eigenvalue weighted by atomic mass is 10.2. The number of sulfonamides is 1. The van der Waals surface area contributed by atoms with Crippen LogP contribution in [0.4, 0.5) is 0 Å². The molecule has 0 aliphatic carbocycles. The fraction of sp³-hybridized carbons (Fsp3) is 0.417. The van der Waals surface area contributed by atoms with Crippen LogP contribution in [0.1, 0.15) is 5.56 Å². The summed E-state index contributed by atoms with van der Waals surface area (Å²) in [4.78, 5) is 0.0200. The van der Waals surface area contributed by atoms with E-state index < -0.39 is 10.0 Å². The standard InChI is InChI=1S/C12H13ClN2O2S3/c13-11-5-9(6-14)1-2-12(11)20(16,17)15-7-10-8-18-3-4-19-10/h1-2,5,10,15H,3-4,7-8H2. The van der Waals surface area contributed by atoms with E-state index in [4.69, 9.17) is 16.9 Å². The van der Waals surface area contributed by atoms with E-state index in [1.165, 1.54) is 18.2 Å².